The van der Waals surface area contributed by atoms with Crippen molar-refractivity contribution < 1.29 is 19.1 Å². The number of hydrazone groups is 1. The van der Waals surface area contributed by atoms with E-state index in [1.165, 1.54) is 21.6 Å². The molecule has 0 fully saturated rings. The Morgan fingerprint density at radius 3 is 2.57 bits per heavy atom. The average molecular weight is 487 g/mol. The molecule has 1 aromatic carbocycles. The number of hydrogen-bond donors (Lipinski definition) is 2. The van der Waals surface area contributed by atoms with Crippen LogP contribution in [-0.4, -0.2) is 60.0 Å². The molecule has 1 atom stereocenters. The largest absolute Gasteiger partial charge is 0.461 e. The van der Waals surface area contributed by atoms with Gasteiger partial charge in [-0.15, -0.1) is 0 Å². The second kappa shape index (κ2) is 11.5. The van der Waals surface area contributed by atoms with Crippen LogP contribution in [0.3, 0.4) is 0 Å². The summed E-state index contributed by atoms with van der Waals surface area (Å²) >= 11 is 0. The lowest BCUT2D eigenvalue weighted by Crippen LogP contribution is -2.50. The van der Waals surface area contributed by atoms with Gasteiger partial charge in [0.15, 0.2) is 5.69 Å². The second-order valence-electron chi connectivity index (χ2n) is 7.79. The van der Waals surface area contributed by atoms with Crippen LogP contribution >= 0.6 is 0 Å². The third-order valence-electron chi connectivity index (χ3n) is 5.44. The van der Waals surface area contributed by atoms with Crippen LogP contribution in [0.1, 0.15) is 26.7 Å². The van der Waals surface area contributed by atoms with Crippen LogP contribution in [0.5, 0.6) is 0 Å². The maximum absolute atomic E-state index is 13.9. The minimum absolute atomic E-state index is 0.0131. The molecule has 1 amide bonds. The monoisotopic (exact) mass is 486 g/mol. The molecule has 188 valence electrons. The lowest BCUT2D eigenvalue weighted by atomic mass is 10.1. The zero-order valence-corrected chi connectivity index (χ0v) is 20.0. The topological polar surface area (TPSA) is 152 Å². The number of esters is 1. The van der Waals surface area contributed by atoms with E-state index < -0.39 is 29.2 Å². The van der Waals surface area contributed by atoms with Crippen molar-refractivity contribution in [1.29, 1.82) is 0 Å². The zero-order chi connectivity index (χ0) is 25.5. The van der Waals surface area contributed by atoms with Crippen LogP contribution in [0.4, 0.5) is 17.2 Å². The van der Waals surface area contributed by atoms with Gasteiger partial charge in [0.2, 0.25) is 0 Å². The Labute approximate surface area is 201 Å². The molecule has 3 N–H and O–H groups in total. The maximum atomic E-state index is 13.9. The van der Waals surface area contributed by atoms with Gasteiger partial charge in [-0.3, -0.25) is 24.1 Å². The predicted molar refractivity (Wildman–Crippen MR) is 132 cm³/mol. The molecular formula is C23H30N6O6. The first kappa shape index (κ1) is 25.7. The quantitative estimate of drug-likeness (QED) is 0.466. The molecule has 1 aliphatic heterocycles. The van der Waals surface area contributed by atoms with Gasteiger partial charge in [-0.05, 0) is 25.5 Å². The molecular weight excluding hydrogens is 456 g/mol. The normalized spacial score (nSPS) is 15.1. The van der Waals surface area contributed by atoms with Gasteiger partial charge in [0.1, 0.15) is 17.6 Å². The number of nitrogens with two attached hydrogens (primary N) is 1. The van der Waals surface area contributed by atoms with Gasteiger partial charge in [0.05, 0.1) is 18.9 Å². The van der Waals surface area contributed by atoms with Crippen molar-refractivity contribution in [2.24, 2.45) is 5.10 Å². The van der Waals surface area contributed by atoms with Gasteiger partial charge in [-0.25, -0.2) is 9.59 Å². The van der Waals surface area contributed by atoms with Gasteiger partial charge in [0.25, 0.3) is 11.5 Å². The van der Waals surface area contributed by atoms with Gasteiger partial charge in [-0.1, -0.05) is 25.1 Å². The Kier molecular flexibility index (Phi) is 8.42. The number of nitrogen functional groups attached to an aromatic ring is 1. The zero-order valence-electron chi connectivity index (χ0n) is 20.0. The summed E-state index contributed by atoms with van der Waals surface area (Å²) in [6.45, 7) is 4.04. The summed E-state index contributed by atoms with van der Waals surface area (Å²) in [6, 6.07) is 7.91. The minimum atomic E-state index is -0.959. The van der Waals surface area contributed by atoms with Crippen molar-refractivity contribution in [1.82, 2.24) is 9.55 Å². The third-order valence-corrected chi connectivity index (χ3v) is 5.44. The molecule has 1 aliphatic rings. The molecule has 2 aromatic rings. The first-order valence-corrected chi connectivity index (χ1v) is 11.4. The van der Waals surface area contributed by atoms with Gasteiger partial charge in [-0.2, -0.15) is 5.10 Å². The van der Waals surface area contributed by atoms with Crippen molar-refractivity contribution >= 4 is 34.8 Å². The summed E-state index contributed by atoms with van der Waals surface area (Å²) in [5.74, 6) is -1.28. The molecule has 0 spiro atoms. The molecule has 12 heteroatoms. The Balaban J connectivity index is 2.08. The first-order chi connectivity index (χ1) is 16.8. The summed E-state index contributed by atoms with van der Waals surface area (Å²) in [6.07, 6.45) is 0.547. The van der Waals surface area contributed by atoms with Crippen molar-refractivity contribution in [3.63, 3.8) is 0 Å². The summed E-state index contributed by atoms with van der Waals surface area (Å²) < 4.78 is 11.5. The number of aromatic amines is 1. The summed E-state index contributed by atoms with van der Waals surface area (Å²) in [7, 11) is 1.46. The van der Waals surface area contributed by atoms with Crippen molar-refractivity contribution in [3.05, 3.63) is 51.2 Å². The fraction of sp³-hybridized carbons (Fsp3) is 0.435. The number of nitrogens with zero attached hydrogens (tertiary/aromatic N) is 4. The highest BCUT2D eigenvalue weighted by atomic mass is 16.5. The number of nitrogens with one attached hydrogen (secondary N) is 1. The smallest absolute Gasteiger partial charge is 0.354 e. The van der Waals surface area contributed by atoms with Crippen LogP contribution in [0.15, 0.2) is 45.0 Å². The third kappa shape index (κ3) is 5.43. The van der Waals surface area contributed by atoms with Crippen LogP contribution < -0.4 is 26.9 Å². The number of anilines is 3. The highest BCUT2D eigenvalue weighted by molar-refractivity contribution is 6.38. The number of benzene rings is 1. The van der Waals surface area contributed by atoms with E-state index >= 15 is 0 Å². The highest BCUT2D eigenvalue weighted by Gasteiger charge is 2.40. The molecule has 0 aliphatic carbocycles. The van der Waals surface area contributed by atoms with Crippen molar-refractivity contribution in [2.45, 2.75) is 39.3 Å². The standard InChI is InChI=1S/C23H30N6O6/c1-4-11-28-19(24)18(20(30)25-23(28)33)27(12-13-34-3)21(31)17-14-16(22(32)35-5-2)26-29(17)15-9-7-6-8-10-15/h6-10,17H,4-5,11-14,24H2,1-3H3,(H,25,30,33). The van der Waals surface area contributed by atoms with Crippen LogP contribution in [0, 0.1) is 0 Å². The van der Waals surface area contributed by atoms with Gasteiger partial charge in [0, 0.05) is 26.6 Å². The molecule has 1 unspecified atom stereocenters. The number of H-pyrrole nitrogens is 1. The van der Waals surface area contributed by atoms with E-state index in [2.05, 4.69) is 10.1 Å². The fourth-order valence-corrected chi connectivity index (χ4v) is 3.84. The molecule has 1 aromatic heterocycles. The maximum Gasteiger partial charge on any atom is 0.354 e. The Morgan fingerprint density at radius 1 is 1.23 bits per heavy atom. The van der Waals surface area contributed by atoms with Crippen LogP contribution in [0.25, 0.3) is 0 Å². The number of carbonyl (C=O) groups is 2. The summed E-state index contributed by atoms with van der Waals surface area (Å²) in [4.78, 5) is 54.9. The first-order valence-electron chi connectivity index (χ1n) is 11.4. The van der Waals surface area contributed by atoms with Gasteiger partial charge >= 0.3 is 11.7 Å². The molecule has 0 bridgehead atoms. The molecule has 12 nitrogen and oxygen atoms in total. The van der Waals surface area contributed by atoms with E-state index in [0.29, 0.717) is 12.1 Å². The number of hydrogen-bond acceptors (Lipinski definition) is 9. The number of methoxy groups -OCH3 is 1. The van der Waals surface area contributed by atoms with Crippen molar-refractivity contribution in [2.75, 3.05) is 42.5 Å². The molecule has 3 rings (SSSR count). The molecule has 0 saturated carbocycles. The van der Waals surface area contributed by atoms with Gasteiger partial charge < -0.3 is 20.1 Å². The molecule has 35 heavy (non-hydrogen) atoms. The summed E-state index contributed by atoms with van der Waals surface area (Å²) in [5, 5.41) is 5.80. The molecule has 0 radical (unpaired) electrons. The molecule has 2 heterocycles. The van der Waals surface area contributed by atoms with E-state index in [9.17, 15) is 19.2 Å². The lowest BCUT2D eigenvalue weighted by Gasteiger charge is -2.30. The Bertz CT molecular complexity index is 1210. The average Bonchev–Trinajstić information content (AvgIpc) is 3.30. The molecule has 0 saturated heterocycles. The minimum Gasteiger partial charge on any atom is -0.461 e. The van der Waals surface area contributed by atoms with E-state index in [1.807, 2.05) is 13.0 Å². The summed E-state index contributed by atoms with van der Waals surface area (Å²) in [5.41, 5.74) is 5.29. The Hall–Kier alpha value is -3.93. The lowest BCUT2D eigenvalue weighted by molar-refractivity contribution is -0.135. The fourth-order valence-electron chi connectivity index (χ4n) is 3.84. The number of carbonyl (C=O) groups excluding carboxylic acids is 2. The van der Waals surface area contributed by atoms with Crippen molar-refractivity contribution in [3.8, 4) is 0 Å². The van der Waals surface area contributed by atoms with E-state index in [-0.39, 0.29) is 49.9 Å². The number of ether oxygens (including phenoxy) is 2. The number of aromatic nitrogens is 2. The number of rotatable bonds is 10. The predicted octanol–water partition coefficient (Wildman–Crippen LogP) is 0.706. The van der Waals surface area contributed by atoms with Crippen LogP contribution in [-0.2, 0) is 25.6 Å². The number of amides is 1. The van der Waals surface area contributed by atoms with Crippen LogP contribution in [0.2, 0.25) is 0 Å². The van der Waals surface area contributed by atoms with E-state index in [0.717, 1.165) is 0 Å². The highest BCUT2D eigenvalue weighted by Crippen LogP contribution is 2.28. The number of para-hydroxylation sites is 1. The second-order valence-corrected chi connectivity index (χ2v) is 7.79. The van der Waals surface area contributed by atoms with E-state index in [4.69, 9.17) is 15.2 Å². The Morgan fingerprint density at radius 2 is 1.94 bits per heavy atom. The van der Waals surface area contributed by atoms with E-state index in [1.54, 1.807) is 31.2 Å². The SMILES string of the molecule is CCCn1c(N)c(N(CCOC)C(=O)C2CC(C(=O)OCC)=NN2c2ccccc2)c(=O)[nH]c1=O.